The number of carbonyl (C=O) groups excluding carboxylic acids is 4. The maximum atomic E-state index is 12.6. The van der Waals surface area contributed by atoms with Crippen LogP contribution < -0.4 is 4.90 Å². The molecule has 75 heavy (non-hydrogen) atoms. The van der Waals surface area contributed by atoms with Crippen LogP contribution in [0.2, 0.25) is 0 Å². The van der Waals surface area contributed by atoms with Gasteiger partial charge in [-0.1, -0.05) is 141 Å². The smallest absolute Gasteiger partial charge is 0.306 e. The highest BCUT2D eigenvalue weighted by Crippen LogP contribution is 2.36. The lowest BCUT2D eigenvalue weighted by molar-refractivity contribution is -0.147. The van der Waals surface area contributed by atoms with Crippen LogP contribution in [-0.4, -0.2) is 90.5 Å². The predicted octanol–water partition coefficient (Wildman–Crippen LogP) is 14.6. The van der Waals surface area contributed by atoms with Crippen LogP contribution >= 0.6 is 11.3 Å². The van der Waals surface area contributed by atoms with Gasteiger partial charge in [-0.15, -0.1) is 21.6 Å². The largest absolute Gasteiger partial charge is 0.463 e. The molecule has 2 atom stereocenters. The zero-order chi connectivity index (χ0) is 54.4. The number of azo groups is 1. The van der Waals surface area contributed by atoms with Gasteiger partial charge >= 0.3 is 11.9 Å². The first-order chi connectivity index (χ1) is 36.7. The third kappa shape index (κ3) is 32.2. The number of nitrogens with zero attached hydrogens (tertiary/aromatic N) is 5. The molecule has 0 aliphatic rings. The number of allylic oxidation sites excluding steroid dienone is 4. The summed E-state index contributed by atoms with van der Waals surface area (Å²) in [6.45, 7) is 11.0. The molecule has 1 aromatic carbocycles. The summed E-state index contributed by atoms with van der Waals surface area (Å²) >= 11 is 1.13. The average Bonchev–Trinajstić information content (AvgIpc) is 3.73. The van der Waals surface area contributed by atoms with Crippen molar-refractivity contribution < 1.29 is 42.9 Å². The summed E-state index contributed by atoms with van der Waals surface area (Å²) in [6, 6.07) is 9.98. The van der Waals surface area contributed by atoms with Crippen molar-refractivity contribution in [3.8, 4) is 12.1 Å². The van der Waals surface area contributed by atoms with Gasteiger partial charge in [0.05, 0.1) is 63.7 Å². The van der Waals surface area contributed by atoms with Gasteiger partial charge in [-0.05, 0) is 81.7 Å². The second kappa shape index (κ2) is 45.2. The minimum Gasteiger partial charge on any atom is -0.463 e. The van der Waals surface area contributed by atoms with Crippen LogP contribution in [-0.2, 0) is 42.9 Å². The van der Waals surface area contributed by atoms with Gasteiger partial charge in [0.15, 0.2) is 5.00 Å². The fraction of sp³-hybridized carbons (Fsp3) is 0.667. The Kier molecular flexibility index (Phi) is 39.8. The summed E-state index contributed by atoms with van der Waals surface area (Å²) in [4.78, 5) is 50.8. The van der Waals surface area contributed by atoms with E-state index in [1.54, 1.807) is 6.92 Å². The van der Waals surface area contributed by atoms with E-state index in [4.69, 9.17) is 23.7 Å². The van der Waals surface area contributed by atoms with Crippen molar-refractivity contribution in [2.24, 2.45) is 22.1 Å². The zero-order valence-electron chi connectivity index (χ0n) is 46.2. The summed E-state index contributed by atoms with van der Waals surface area (Å²) < 4.78 is 28.1. The number of ether oxygens (including phenoxy) is 5. The van der Waals surface area contributed by atoms with Crippen molar-refractivity contribution in [2.45, 2.75) is 182 Å². The molecule has 1 heterocycles. The van der Waals surface area contributed by atoms with Gasteiger partial charge in [0.1, 0.15) is 42.8 Å². The molecule has 0 amide bonds. The summed E-state index contributed by atoms with van der Waals surface area (Å²) in [7, 11) is 0. The molecule has 0 saturated carbocycles. The number of unbranched alkanes of at least 4 members (excludes halogenated alkanes) is 18. The number of hydrogen-bond acceptors (Lipinski definition) is 15. The maximum absolute atomic E-state index is 12.6. The highest BCUT2D eigenvalue weighted by Gasteiger charge is 2.17. The van der Waals surface area contributed by atoms with E-state index >= 15 is 0 Å². The molecule has 2 unspecified atom stereocenters. The molecule has 416 valence electrons. The Morgan fingerprint density at radius 2 is 1.05 bits per heavy atom. The fourth-order valence-corrected chi connectivity index (χ4v) is 9.15. The Bertz CT molecular complexity index is 2040. The van der Waals surface area contributed by atoms with Gasteiger partial charge in [0, 0.05) is 30.6 Å². The lowest BCUT2D eigenvalue weighted by atomic mass is 10.0. The Morgan fingerprint density at radius 1 is 0.600 bits per heavy atom. The first-order valence-electron chi connectivity index (χ1n) is 28.2. The van der Waals surface area contributed by atoms with Crippen molar-refractivity contribution in [1.29, 1.82) is 10.5 Å². The quantitative estimate of drug-likeness (QED) is 0.0201. The van der Waals surface area contributed by atoms with Gasteiger partial charge in [0.25, 0.3) is 0 Å². The summed E-state index contributed by atoms with van der Waals surface area (Å²) in [5, 5.41) is 28.2. The SMILES string of the molecule is CCCCCCCCC/C=C/CC(C=O)CC(=O)OCCOCCOCCN(CCOCCOC(=O)CC(C=O)C/C=C/CCCCCCCCCCCCC)c1ccc(N=Nc2sc(C#N)c(C)c2C#N)c(C)c1. The molecule has 0 aliphatic carbocycles. The number of hydrogen-bond donors (Lipinski definition) is 0. The molecule has 2 aromatic rings. The summed E-state index contributed by atoms with van der Waals surface area (Å²) in [5.74, 6) is -1.67. The van der Waals surface area contributed by atoms with Crippen molar-refractivity contribution in [3.05, 3.63) is 64.1 Å². The number of esters is 2. The first-order valence-corrected chi connectivity index (χ1v) is 29.0. The number of carbonyl (C=O) groups is 4. The molecule has 15 heteroatoms. The Labute approximate surface area is 454 Å². The Morgan fingerprint density at radius 3 is 1.49 bits per heavy atom. The van der Waals surface area contributed by atoms with E-state index in [0.717, 1.165) is 60.8 Å². The zero-order valence-corrected chi connectivity index (χ0v) is 47.0. The number of benzene rings is 1. The standard InChI is InChI=1S/C60H91N5O9S/c1-5-7-9-11-13-15-17-18-19-20-22-24-26-28-29-52(48-66)44-58(68)73-41-39-71-36-34-65(54-31-32-56(50(3)43-54)63-64-60-55(46-61)51(4)57(47-62)75-60)33-35-70-37-38-72-40-42-74-59(69)45-53(49-67)30-27-25-23-21-16-14-12-10-8-6-2/h25-28,31-32,43,48-49,52-53H,5-24,29-30,33-42,44-45H2,1-4H3/b27-25+,28-26+,64-63?. The van der Waals surface area contributed by atoms with E-state index < -0.39 is 23.8 Å². The van der Waals surface area contributed by atoms with Gasteiger partial charge < -0.3 is 38.2 Å². The molecule has 0 saturated heterocycles. The van der Waals surface area contributed by atoms with E-state index in [-0.39, 0.29) is 39.3 Å². The molecule has 0 radical (unpaired) electrons. The average molecular weight is 1060 g/mol. The molecule has 0 N–H and O–H groups in total. The van der Waals surface area contributed by atoms with Crippen LogP contribution in [0.5, 0.6) is 0 Å². The highest BCUT2D eigenvalue weighted by molar-refractivity contribution is 7.16. The van der Waals surface area contributed by atoms with Crippen molar-refractivity contribution in [3.63, 3.8) is 0 Å². The molecule has 0 bridgehead atoms. The van der Waals surface area contributed by atoms with Crippen LogP contribution in [0.1, 0.15) is 190 Å². The number of nitriles is 2. The number of aryl methyl sites for hydroxylation is 1. The highest BCUT2D eigenvalue weighted by atomic mass is 32.1. The molecular formula is C60H91N5O9S. The lowest BCUT2D eigenvalue weighted by Crippen LogP contribution is -2.31. The monoisotopic (exact) mass is 1060 g/mol. The summed E-state index contributed by atoms with van der Waals surface area (Å²) in [5.41, 5.74) is 3.29. The molecule has 0 aliphatic heterocycles. The Hall–Kier alpha value is -5.06. The molecule has 1 aromatic heterocycles. The lowest BCUT2D eigenvalue weighted by Gasteiger charge is -2.25. The molecule has 0 spiro atoms. The van der Waals surface area contributed by atoms with Crippen LogP contribution in [0.25, 0.3) is 0 Å². The minimum atomic E-state index is -0.426. The molecular weight excluding hydrogens is 967 g/mol. The molecule has 0 fully saturated rings. The van der Waals surface area contributed by atoms with E-state index in [0.29, 0.717) is 79.1 Å². The van der Waals surface area contributed by atoms with Gasteiger partial charge in [0.2, 0.25) is 0 Å². The molecule has 2 rings (SSSR count). The second-order valence-electron chi connectivity index (χ2n) is 19.2. The van der Waals surface area contributed by atoms with Crippen molar-refractivity contribution in [2.75, 3.05) is 70.8 Å². The number of rotatable bonds is 48. The first kappa shape index (κ1) is 66.1. The van der Waals surface area contributed by atoms with E-state index in [9.17, 15) is 29.7 Å². The van der Waals surface area contributed by atoms with E-state index in [1.807, 2.05) is 37.3 Å². The number of aldehydes is 2. The van der Waals surface area contributed by atoms with Crippen molar-refractivity contribution in [1.82, 2.24) is 0 Å². The third-order valence-corrected chi connectivity index (χ3v) is 14.0. The second-order valence-corrected chi connectivity index (χ2v) is 20.2. The Balaban J connectivity index is 1.78. The normalized spacial score (nSPS) is 12.3. The van der Waals surface area contributed by atoms with Gasteiger partial charge in [-0.2, -0.15) is 10.5 Å². The van der Waals surface area contributed by atoms with Crippen LogP contribution in [0.3, 0.4) is 0 Å². The van der Waals surface area contributed by atoms with Crippen molar-refractivity contribution >= 4 is 52.2 Å². The summed E-state index contributed by atoms with van der Waals surface area (Å²) in [6.07, 6.45) is 36.1. The molecule has 14 nitrogen and oxygen atoms in total. The topological polar surface area (TPSA) is 190 Å². The number of thiophene rings is 1. The van der Waals surface area contributed by atoms with E-state index in [2.05, 4.69) is 53.3 Å². The van der Waals surface area contributed by atoms with E-state index in [1.165, 1.54) is 103 Å². The fourth-order valence-electron chi connectivity index (χ4n) is 8.27. The van der Waals surface area contributed by atoms with Crippen LogP contribution in [0.15, 0.2) is 52.7 Å². The van der Waals surface area contributed by atoms with Crippen LogP contribution in [0, 0.1) is 48.3 Å². The minimum absolute atomic E-state index is 0.0292. The predicted molar refractivity (Wildman–Crippen MR) is 300 cm³/mol. The maximum Gasteiger partial charge on any atom is 0.306 e. The van der Waals surface area contributed by atoms with Crippen LogP contribution in [0.4, 0.5) is 16.4 Å². The van der Waals surface area contributed by atoms with Gasteiger partial charge in [-0.25, -0.2) is 0 Å². The number of anilines is 1. The van der Waals surface area contributed by atoms with Gasteiger partial charge in [-0.3, -0.25) is 9.59 Å². The third-order valence-electron chi connectivity index (χ3n) is 12.9.